The molecule has 5 nitrogen and oxygen atoms in total. The van der Waals surface area contributed by atoms with Crippen LogP contribution < -0.4 is 4.74 Å². The van der Waals surface area contributed by atoms with E-state index in [0.717, 1.165) is 44.8 Å². The molecule has 0 saturated heterocycles. The molecular weight excluding hydrogens is 517 g/mol. The summed E-state index contributed by atoms with van der Waals surface area (Å²) < 4.78 is 23.9. The van der Waals surface area contributed by atoms with Crippen LogP contribution in [0.4, 0.5) is 4.39 Å². The highest BCUT2D eigenvalue weighted by molar-refractivity contribution is 7.80. The van der Waals surface area contributed by atoms with E-state index in [2.05, 4.69) is 9.97 Å². The molecule has 0 atom stereocenters. The van der Waals surface area contributed by atoms with E-state index in [9.17, 15) is 4.79 Å². The summed E-state index contributed by atoms with van der Waals surface area (Å²) in [5.74, 6) is 0.336. The first-order chi connectivity index (χ1) is 18.4. The predicted molar refractivity (Wildman–Crippen MR) is 151 cm³/mol. The Kier molecular flexibility index (Phi) is 6.37. The van der Waals surface area contributed by atoms with E-state index >= 15 is 4.39 Å². The van der Waals surface area contributed by atoms with Gasteiger partial charge in [-0.05, 0) is 42.2 Å². The van der Waals surface area contributed by atoms with Crippen molar-refractivity contribution in [2.45, 2.75) is 25.7 Å². The molecule has 1 aliphatic rings. The van der Waals surface area contributed by atoms with Crippen molar-refractivity contribution in [3.63, 3.8) is 0 Å². The van der Waals surface area contributed by atoms with Gasteiger partial charge in [0.15, 0.2) is 11.6 Å². The molecular formula is C30H24FN3O2S2. The van der Waals surface area contributed by atoms with Crippen LogP contribution in [0, 0.1) is 11.2 Å². The highest BCUT2D eigenvalue weighted by Gasteiger charge is 2.52. The third-order valence-electron chi connectivity index (χ3n) is 6.94. The molecule has 0 amide bonds. The van der Waals surface area contributed by atoms with Gasteiger partial charge in [0.05, 0.1) is 32.5 Å². The number of thiocarbonyl (C=S) groups is 1. The van der Waals surface area contributed by atoms with Crippen molar-refractivity contribution in [1.29, 1.82) is 0 Å². The predicted octanol–water partition coefficient (Wildman–Crippen LogP) is 7.13. The lowest BCUT2D eigenvalue weighted by Gasteiger charge is -2.16. The molecule has 0 N–H and O–H groups in total. The number of carbonyl (C=O) groups is 1. The number of Topliss-reactive ketones (excluding diaryl/α,β-unsaturated/α-hetero) is 1. The maximum Gasteiger partial charge on any atom is 0.166 e. The van der Waals surface area contributed by atoms with Gasteiger partial charge in [-0.25, -0.2) is 9.37 Å². The summed E-state index contributed by atoms with van der Waals surface area (Å²) >= 11 is 7.22. The molecule has 1 saturated carbocycles. The molecule has 0 spiro atoms. The van der Waals surface area contributed by atoms with Gasteiger partial charge in [0.1, 0.15) is 11.5 Å². The number of hydrogen-bond donors (Lipinski definition) is 0. The fourth-order valence-electron chi connectivity index (χ4n) is 4.66. The first-order valence-corrected chi connectivity index (χ1v) is 13.6. The summed E-state index contributed by atoms with van der Waals surface area (Å²) in [7, 11) is 1.92. The molecule has 0 radical (unpaired) electrons. The van der Waals surface area contributed by atoms with Gasteiger partial charge in [-0.2, -0.15) is 0 Å². The van der Waals surface area contributed by atoms with Gasteiger partial charge in [-0.15, -0.1) is 11.3 Å². The number of rotatable bonds is 9. The topological polar surface area (TPSA) is 57.0 Å². The minimum absolute atomic E-state index is 0.126. The number of fused-ring (bicyclic) bond motifs is 1. The smallest absolute Gasteiger partial charge is 0.166 e. The van der Waals surface area contributed by atoms with Gasteiger partial charge in [0.2, 0.25) is 0 Å². The molecule has 190 valence electrons. The number of benzene rings is 2. The highest BCUT2D eigenvalue weighted by atomic mass is 32.1. The van der Waals surface area contributed by atoms with Crippen LogP contribution in [0.5, 0.6) is 11.5 Å². The van der Waals surface area contributed by atoms with Gasteiger partial charge in [-0.3, -0.25) is 9.78 Å². The average Bonchev–Trinajstić information content (AvgIpc) is 3.43. The number of halogens is 1. The van der Waals surface area contributed by atoms with Crippen molar-refractivity contribution in [3.05, 3.63) is 96.3 Å². The van der Waals surface area contributed by atoms with Gasteiger partial charge in [0.25, 0.3) is 0 Å². The van der Waals surface area contributed by atoms with Crippen molar-refractivity contribution in [2.24, 2.45) is 12.5 Å². The van der Waals surface area contributed by atoms with Gasteiger partial charge in [-0.1, -0.05) is 48.6 Å². The molecule has 8 heteroatoms. The zero-order chi connectivity index (χ0) is 26.3. The molecule has 0 unspecified atom stereocenters. The van der Waals surface area contributed by atoms with Gasteiger partial charge >= 0.3 is 0 Å². The van der Waals surface area contributed by atoms with Crippen molar-refractivity contribution in [3.8, 4) is 22.1 Å². The summed E-state index contributed by atoms with van der Waals surface area (Å²) in [6, 6.07) is 18.3. The van der Waals surface area contributed by atoms with Gasteiger partial charge < -0.3 is 9.30 Å². The third-order valence-corrected chi connectivity index (χ3v) is 8.64. The van der Waals surface area contributed by atoms with Crippen LogP contribution in [0.3, 0.4) is 0 Å². The summed E-state index contributed by atoms with van der Waals surface area (Å²) in [4.78, 5) is 23.6. The standard InChI is InChI=1S/C30H24FN3O2S2/c1-34-17-23(33-18-34)26-16-22-29(38-26)25(9-12-32-22)36-24-8-7-20(13-21(24)31)15-28(37)30(10-11-30)27(35)14-19-5-3-2-4-6-19/h2-9,12-13,16-18H,10-11,14-15H2,1H3. The third kappa shape index (κ3) is 4.77. The van der Waals surface area contributed by atoms with Crippen LogP contribution in [-0.4, -0.2) is 25.2 Å². The molecule has 1 aliphatic carbocycles. The lowest BCUT2D eigenvalue weighted by molar-refractivity contribution is -0.121. The van der Waals surface area contributed by atoms with Crippen LogP contribution in [0.15, 0.2) is 79.4 Å². The SMILES string of the molecule is Cn1cnc(-c2cc3nccc(Oc4ccc(CC(=S)C5(C(=O)Cc6ccccc6)CC5)cc4F)c3s2)c1. The molecule has 5 aromatic rings. The van der Waals surface area contributed by atoms with Crippen molar-refractivity contribution in [2.75, 3.05) is 0 Å². The number of hydrogen-bond acceptors (Lipinski definition) is 6. The maximum absolute atomic E-state index is 15.2. The van der Waals surface area contributed by atoms with E-state index in [1.165, 1.54) is 17.4 Å². The lowest BCUT2D eigenvalue weighted by atomic mass is 9.89. The Hall–Kier alpha value is -3.75. The number of thiophene rings is 1. The van der Waals surface area contributed by atoms with Crippen LogP contribution >= 0.6 is 23.6 Å². The Balaban J connectivity index is 1.17. The fourth-order valence-corrected chi connectivity index (χ4v) is 6.17. The minimum Gasteiger partial charge on any atom is -0.453 e. The number of nitrogens with zero attached hydrogens (tertiary/aromatic N) is 3. The number of ketones is 1. The summed E-state index contributed by atoms with van der Waals surface area (Å²) in [6.45, 7) is 0. The highest BCUT2D eigenvalue weighted by Crippen LogP contribution is 2.49. The molecule has 1 fully saturated rings. The second kappa shape index (κ2) is 9.85. The van der Waals surface area contributed by atoms with Gasteiger partial charge in [0, 0.05) is 43.2 Å². The Bertz CT molecular complexity index is 1670. The first kappa shape index (κ1) is 24.6. The van der Waals surface area contributed by atoms with E-state index < -0.39 is 11.2 Å². The van der Waals surface area contributed by atoms with Crippen LogP contribution in [0.1, 0.15) is 24.0 Å². The summed E-state index contributed by atoms with van der Waals surface area (Å²) in [6.07, 6.45) is 7.62. The lowest BCUT2D eigenvalue weighted by Crippen LogP contribution is -2.27. The average molecular weight is 542 g/mol. The molecule has 0 bridgehead atoms. The number of imidazole rings is 1. The van der Waals surface area contributed by atoms with E-state index in [-0.39, 0.29) is 11.5 Å². The van der Waals surface area contributed by atoms with E-state index in [4.69, 9.17) is 17.0 Å². The monoisotopic (exact) mass is 541 g/mol. The Morgan fingerprint density at radius 1 is 1.05 bits per heavy atom. The zero-order valence-electron chi connectivity index (χ0n) is 20.7. The molecule has 6 rings (SSSR count). The Morgan fingerprint density at radius 2 is 1.87 bits per heavy atom. The van der Waals surface area contributed by atoms with Crippen LogP contribution in [0.2, 0.25) is 0 Å². The molecule has 2 aromatic carbocycles. The minimum atomic E-state index is -0.566. The summed E-state index contributed by atoms with van der Waals surface area (Å²) in [5.41, 5.74) is 2.77. The first-order valence-electron chi connectivity index (χ1n) is 12.3. The van der Waals surface area contributed by atoms with E-state index in [1.54, 1.807) is 24.7 Å². The zero-order valence-corrected chi connectivity index (χ0v) is 22.3. The van der Waals surface area contributed by atoms with Crippen LogP contribution in [0.25, 0.3) is 20.8 Å². The largest absolute Gasteiger partial charge is 0.453 e. The molecule has 38 heavy (non-hydrogen) atoms. The number of pyridine rings is 1. The van der Waals surface area contributed by atoms with Crippen molar-refractivity contribution < 1.29 is 13.9 Å². The molecule has 0 aliphatic heterocycles. The van der Waals surface area contributed by atoms with Crippen molar-refractivity contribution in [1.82, 2.24) is 14.5 Å². The molecule has 3 heterocycles. The second-order valence-corrected chi connectivity index (χ2v) is 11.2. The Morgan fingerprint density at radius 3 is 2.58 bits per heavy atom. The fraction of sp³-hybridized carbons (Fsp3) is 0.200. The van der Waals surface area contributed by atoms with Crippen molar-refractivity contribution >= 4 is 44.4 Å². The quantitative estimate of drug-likeness (QED) is 0.186. The second-order valence-electron chi connectivity index (χ2n) is 9.69. The number of carbonyl (C=O) groups excluding carboxylic acids is 1. The van der Waals surface area contributed by atoms with Crippen LogP contribution in [-0.2, 0) is 24.7 Å². The van der Waals surface area contributed by atoms with E-state index in [1.807, 2.05) is 60.3 Å². The molecule has 3 aromatic heterocycles. The maximum atomic E-state index is 15.2. The number of ether oxygens (including phenoxy) is 1. The number of aryl methyl sites for hydroxylation is 1. The Labute approximate surface area is 228 Å². The number of aromatic nitrogens is 3. The van der Waals surface area contributed by atoms with E-state index in [0.29, 0.717) is 23.5 Å². The normalized spacial score (nSPS) is 13.9. The summed E-state index contributed by atoms with van der Waals surface area (Å²) in [5, 5.41) is 0.